The fraction of sp³-hybridized carbons (Fsp3) is 0.615. The quantitative estimate of drug-likeness (QED) is 0.865. The summed E-state index contributed by atoms with van der Waals surface area (Å²) in [4.78, 5) is 11.7. The van der Waals surface area contributed by atoms with Crippen molar-refractivity contribution in [3.63, 3.8) is 0 Å². The third-order valence-corrected chi connectivity index (χ3v) is 3.43. The van der Waals surface area contributed by atoms with E-state index in [1.165, 1.54) is 31.9 Å². The van der Waals surface area contributed by atoms with Crippen molar-refractivity contribution in [2.24, 2.45) is 11.7 Å². The van der Waals surface area contributed by atoms with Crippen LogP contribution >= 0.6 is 12.4 Å². The van der Waals surface area contributed by atoms with E-state index in [1.54, 1.807) is 6.07 Å². The first-order valence-electron chi connectivity index (χ1n) is 6.35. The number of carbonyl (C=O) groups is 1. The molecule has 102 valence electrons. The Morgan fingerprint density at radius 2 is 2.17 bits per heavy atom. The van der Waals surface area contributed by atoms with Gasteiger partial charge in [-0.15, -0.1) is 12.4 Å². The lowest BCUT2D eigenvalue weighted by molar-refractivity contribution is 0.0951. The summed E-state index contributed by atoms with van der Waals surface area (Å²) in [7, 11) is 0. The lowest BCUT2D eigenvalue weighted by Gasteiger charge is -2.08. The van der Waals surface area contributed by atoms with E-state index < -0.39 is 0 Å². The molecule has 1 aromatic heterocycles. The second kappa shape index (κ2) is 7.44. The maximum absolute atomic E-state index is 11.7. The lowest BCUT2D eigenvalue weighted by Crippen LogP contribution is -2.25. The first kappa shape index (κ1) is 15.1. The van der Waals surface area contributed by atoms with Crippen molar-refractivity contribution in [2.45, 2.75) is 38.6 Å². The molecule has 1 fully saturated rings. The Kier molecular flexibility index (Phi) is 6.22. The predicted octanol–water partition coefficient (Wildman–Crippen LogP) is 2.47. The number of furan rings is 1. The van der Waals surface area contributed by atoms with Crippen LogP contribution in [-0.4, -0.2) is 12.5 Å². The number of hydrogen-bond acceptors (Lipinski definition) is 3. The van der Waals surface area contributed by atoms with Gasteiger partial charge in [-0.05, 0) is 18.4 Å². The van der Waals surface area contributed by atoms with Crippen LogP contribution in [0.15, 0.2) is 16.7 Å². The van der Waals surface area contributed by atoms with E-state index >= 15 is 0 Å². The van der Waals surface area contributed by atoms with Gasteiger partial charge in [-0.3, -0.25) is 4.79 Å². The fourth-order valence-electron chi connectivity index (χ4n) is 2.40. The predicted molar refractivity (Wildman–Crippen MR) is 72.8 cm³/mol. The molecule has 1 heterocycles. The van der Waals surface area contributed by atoms with Crippen molar-refractivity contribution in [3.8, 4) is 0 Å². The van der Waals surface area contributed by atoms with Crippen molar-refractivity contribution in [1.82, 2.24) is 5.32 Å². The molecule has 0 spiro atoms. The van der Waals surface area contributed by atoms with Gasteiger partial charge in [0.15, 0.2) is 0 Å². The highest BCUT2D eigenvalue weighted by Gasteiger charge is 2.15. The molecule has 5 heteroatoms. The van der Waals surface area contributed by atoms with Crippen molar-refractivity contribution >= 4 is 18.3 Å². The van der Waals surface area contributed by atoms with Gasteiger partial charge in [0.05, 0.1) is 12.1 Å². The van der Waals surface area contributed by atoms with Crippen LogP contribution < -0.4 is 11.1 Å². The molecule has 0 aliphatic heterocycles. The van der Waals surface area contributed by atoms with Gasteiger partial charge in [0.1, 0.15) is 12.0 Å². The SMILES string of the molecule is Cl.NCc1cc(C(=O)NCCC2CCCC2)co1. The summed E-state index contributed by atoms with van der Waals surface area (Å²) < 4.78 is 5.13. The van der Waals surface area contributed by atoms with E-state index in [0.717, 1.165) is 18.9 Å². The summed E-state index contributed by atoms with van der Waals surface area (Å²) in [6.07, 6.45) is 7.89. The molecule has 18 heavy (non-hydrogen) atoms. The Balaban J connectivity index is 0.00000162. The van der Waals surface area contributed by atoms with Crippen LogP contribution in [0.2, 0.25) is 0 Å². The fourth-order valence-corrected chi connectivity index (χ4v) is 2.40. The van der Waals surface area contributed by atoms with Crippen LogP contribution in [0.25, 0.3) is 0 Å². The number of hydrogen-bond donors (Lipinski definition) is 2. The van der Waals surface area contributed by atoms with Crippen LogP contribution in [0.4, 0.5) is 0 Å². The maximum Gasteiger partial charge on any atom is 0.254 e. The molecule has 1 aliphatic rings. The zero-order chi connectivity index (χ0) is 12.1. The number of nitrogens with one attached hydrogen (secondary N) is 1. The van der Waals surface area contributed by atoms with Gasteiger partial charge in [0.25, 0.3) is 5.91 Å². The Bertz CT molecular complexity index is 373. The standard InChI is InChI=1S/C13H20N2O2.ClH/c14-8-12-7-11(9-17-12)13(16)15-6-5-10-3-1-2-4-10;/h7,9-10H,1-6,8,14H2,(H,15,16);1H. The van der Waals surface area contributed by atoms with Gasteiger partial charge in [0, 0.05) is 6.54 Å². The molecule has 0 saturated heterocycles. The molecule has 0 aromatic carbocycles. The smallest absolute Gasteiger partial charge is 0.254 e. The van der Waals surface area contributed by atoms with Gasteiger partial charge < -0.3 is 15.5 Å². The highest BCUT2D eigenvalue weighted by molar-refractivity contribution is 5.93. The molecule has 0 bridgehead atoms. The van der Waals surface area contributed by atoms with E-state index in [9.17, 15) is 4.79 Å². The normalized spacial score (nSPS) is 15.4. The second-order valence-corrected chi connectivity index (χ2v) is 4.70. The first-order valence-corrected chi connectivity index (χ1v) is 6.35. The molecule has 1 saturated carbocycles. The molecule has 0 atom stereocenters. The maximum atomic E-state index is 11.7. The van der Waals surface area contributed by atoms with Crippen LogP contribution in [-0.2, 0) is 6.54 Å². The summed E-state index contributed by atoms with van der Waals surface area (Å²) in [6.45, 7) is 1.09. The van der Waals surface area contributed by atoms with E-state index in [-0.39, 0.29) is 18.3 Å². The van der Waals surface area contributed by atoms with E-state index in [4.69, 9.17) is 10.2 Å². The summed E-state index contributed by atoms with van der Waals surface area (Å²) in [5, 5.41) is 2.92. The number of amides is 1. The zero-order valence-electron chi connectivity index (χ0n) is 10.5. The average molecular weight is 273 g/mol. The summed E-state index contributed by atoms with van der Waals surface area (Å²) in [6, 6.07) is 1.70. The summed E-state index contributed by atoms with van der Waals surface area (Å²) >= 11 is 0. The second-order valence-electron chi connectivity index (χ2n) is 4.70. The number of rotatable bonds is 5. The summed E-state index contributed by atoms with van der Waals surface area (Å²) in [5.74, 6) is 1.39. The highest BCUT2D eigenvalue weighted by atomic mass is 35.5. The Labute approximate surface area is 114 Å². The van der Waals surface area contributed by atoms with Gasteiger partial charge in [-0.2, -0.15) is 0 Å². The van der Waals surface area contributed by atoms with Crippen LogP contribution in [0, 0.1) is 5.92 Å². The molecular weight excluding hydrogens is 252 g/mol. The van der Waals surface area contributed by atoms with Crippen LogP contribution in [0.5, 0.6) is 0 Å². The van der Waals surface area contributed by atoms with Gasteiger partial charge >= 0.3 is 0 Å². The monoisotopic (exact) mass is 272 g/mol. The van der Waals surface area contributed by atoms with Crippen molar-refractivity contribution in [2.75, 3.05) is 6.54 Å². The van der Waals surface area contributed by atoms with E-state index in [2.05, 4.69) is 5.32 Å². The molecule has 1 aliphatic carbocycles. The molecule has 0 unspecified atom stereocenters. The van der Waals surface area contributed by atoms with Crippen LogP contribution in [0.3, 0.4) is 0 Å². The molecule has 0 radical (unpaired) electrons. The Morgan fingerprint density at radius 3 is 2.78 bits per heavy atom. The van der Waals surface area contributed by atoms with Gasteiger partial charge in [0.2, 0.25) is 0 Å². The molecule has 2 rings (SSSR count). The largest absolute Gasteiger partial charge is 0.467 e. The minimum Gasteiger partial charge on any atom is -0.467 e. The van der Waals surface area contributed by atoms with Gasteiger partial charge in [-0.1, -0.05) is 25.7 Å². The van der Waals surface area contributed by atoms with Crippen molar-refractivity contribution in [1.29, 1.82) is 0 Å². The van der Waals surface area contributed by atoms with Crippen molar-refractivity contribution in [3.05, 3.63) is 23.7 Å². The van der Waals surface area contributed by atoms with E-state index in [0.29, 0.717) is 17.9 Å². The Hall–Kier alpha value is -1.00. The number of carbonyl (C=O) groups excluding carboxylic acids is 1. The number of nitrogens with two attached hydrogens (primary N) is 1. The molecule has 4 nitrogen and oxygen atoms in total. The third kappa shape index (κ3) is 4.03. The lowest BCUT2D eigenvalue weighted by atomic mass is 10.0. The third-order valence-electron chi connectivity index (χ3n) is 3.43. The zero-order valence-corrected chi connectivity index (χ0v) is 11.3. The number of halogens is 1. The van der Waals surface area contributed by atoms with Crippen molar-refractivity contribution < 1.29 is 9.21 Å². The molecule has 1 amide bonds. The highest BCUT2D eigenvalue weighted by Crippen LogP contribution is 2.26. The summed E-state index contributed by atoms with van der Waals surface area (Å²) in [5.41, 5.74) is 5.99. The minimum atomic E-state index is -0.0635. The first-order chi connectivity index (χ1) is 8.29. The van der Waals surface area contributed by atoms with E-state index in [1.807, 2.05) is 0 Å². The molecule has 1 aromatic rings. The Morgan fingerprint density at radius 1 is 1.44 bits per heavy atom. The minimum absolute atomic E-state index is 0. The topological polar surface area (TPSA) is 68.3 Å². The average Bonchev–Trinajstić information content (AvgIpc) is 2.99. The van der Waals surface area contributed by atoms with Crippen LogP contribution in [0.1, 0.15) is 48.2 Å². The molecular formula is C13H21ClN2O2. The van der Waals surface area contributed by atoms with Gasteiger partial charge in [-0.25, -0.2) is 0 Å². The molecule has 3 N–H and O–H groups in total.